The Hall–Kier alpha value is -2.87. The summed E-state index contributed by atoms with van der Waals surface area (Å²) < 4.78 is 12.3. The van der Waals surface area contributed by atoms with Crippen molar-refractivity contribution in [2.24, 2.45) is 0 Å². The second-order valence-corrected chi connectivity index (χ2v) is 9.40. The number of hydrogen-bond acceptors (Lipinski definition) is 7. The second-order valence-electron chi connectivity index (χ2n) is 9.40. The van der Waals surface area contributed by atoms with Gasteiger partial charge in [0.2, 0.25) is 5.91 Å². The summed E-state index contributed by atoms with van der Waals surface area (Å²) >= 11 is 0. The molecule has 2 bridgehead atoms. The van der Waals surface area contributed by atoms with Crippen LogP contribution in [0.3, 0.4) is 0 Å². The highest BCUT2D eigenvalue weighted by Crippen LogP contribution is 2.31. The van der Waals surface area contributed by atoms with Crippen molar-refractivity contribution in [2.45, 2.75) is 25.0 Å². The molecule has 3 saturated heterocycles. The standard InChI is InChI=1S/C24H33N5O5/c1-19(30)28-10-8-26(9-11-28)7-6-24-17-27(15-22(34-24)16-29(18-24)23(31)32)12-13-33-21-4-2-20(14-25)3-5-21/h2-5,22H,6-13,15-18H2,1H3,(H,31,32). The molecule has 1 N–H and O–H groups in total. The number of benzene rings is 1. The number of hydrogen-bond donors (Lipinski definition) is 1. The van der Waals surface area contributed by atoms with E-state index in [1.165, 1.54) is 4.90 Å². The van der Waals surface area contributed by atoms with Gasteiger partial charge in [0.1, 0.15) is 18.0 Å². The first-order chi connectivity index (χ1) is 16.4. The molecular formula is C24H33N5O5. The smallest absolute Gasteiger partial charge is 0.407 e. The summed E-state index contributed by atoms with van der Waals surface area (Å²) in [5.41, 5.74) is 0.0482. The van der Waals surface area contributed by atoms with Gasteiger partial charge in [0.25, 0.3) is 0 Å². The molecule has 3 aliphatic heterocycles. The van der Waals surface area contributed by atoms with Gasteiger partial charge in [-0.05, 0) is 30.7 Å². The van der Waals surface area contributed by atoms with E-state index in [1.807, 2.05) is 4.90 Å². The quantitative estimate of drug-likeness (QED) is 0.625. The Morgan fingerprint density at radius 1 is 1.09 bits per heavy atom. The van der Waals surface area contributed by atoms with Gasteiger partial charge < -0.3 is 24.4 Å². The van der Waals surface area contributed by atoms with Crippen LogP contribution in [0.2, 0.25) is 0 Å². The Morgan fingerprint density at radius 3 is 2.47 bits per heavy atom. The minimum atomic E-state index is -0.898. The summed E-state index contributed by atoms with van der Waals surface area (Å²) in [6.07, 6.45) is -0.325. The van der Waals surface area contributed by atoms with Crippen LogP contribution in [-0.4, -0.2) is 120 Å². The summed E-state index contributed by atoms with van der Waals surface area (Å²) in [5.74, 6) is 0.837. The molecule has 2 amide bonds. The third-order valence-corrected chi connectivity index (χ3v) is 6.92. The zero-order chi connectivity index (χ0) is 24.1. The lowest BCUT2D eigenvalue weighted by Gasteiger charge is -2.53. The highest BCUT2D eigenvalue weighted by atomic mass is 16.5. The van der Waals surface area contributed by atoms with Crippen molar-refractivity contribution < 1.29 is 24.2 Å². The number of carbonyl (C=O) groups excluding carboxylic acids is 1. The minimum Gasteiger partial charge on any atom is -0.492 e. The minimum absolute atomic E-state index is 0.111. The van der Waals surface area contributed by atoms with Crippen LogP contribution in [0, 0.1) is 11.3 Å². The maximum atomic E-state index is 11.8. The maximum absolute atomic E-state index is 11.8. The molecule has 4 rings (SSSR count). The predicted octanol–water partition coefficient (Wildman–Crippen LogP) is 0.924. The number of amides is 2. The van der Waals surface area contributed by atoms with E-state index in [1.54, 1.807) is 31.2 Å². The fraction of sp³-hybridized carbons (Fsp3) is 0.625. The van der Waals surface area contributed by atoms with Crippen LogP contribution in [-0.2, 0) is 9.53 Å². The van der Waals surface area contributed by atoms with Crippen LogP contribution in [0.5, 0.6) is 5.75 Å². The normalized spacial score (nSPS) is 25.6. The third kappa shape index (κ3) is 5.97. The fourth-order valence-electron chi connectivity index (χ4n) is 5.13. The summed E-state index contributed by atoms with van der Waals surface area (Å²) in [6, 6.07) is 9.16. The Balaban J connectivity index is 1.33. The molecule has 3 fully saturated rings. The van der Waals surface area contributed by atoms with Gasteiger partial charge in [-0.2, -0.15) is 5.26 Å². The zero-order valence-electron chi connectivity index (χ0n) is 19.7. The topological polar surface area (TPSA) is 110 Å². The number of piperazine rings is 1. The lowest BCUT2D eigenvalue weighted by molar-refractivity contribution is -0.201. The molecule has 10 heteroatoms. The van der Waals surface area contributed by atoms with Crippen molar-refractivity contribution in [1.82, 2.24) is 19.6 Å². The lowest BCUT2D eigenvalue weighted by atomic mass is 9.91. The van der Waals surface area contributed by atoms with Crippen molar-refractivity contribution in [2.75, 3.05) is 72.1 Å². The van der Waals surface area contributed by atoms with Crippen molar-refractivity contribution >= 4 is 12.0 Å². The monoisotopic (exact) mass is 471 g/mol. The summed E-state index contributed by atoms with van der Waals surface area (Å²) in [7, 11) is 0. The summed E-state index contributed by atoms with van der Waals surface area (Å²) in [4.78, 5) is 31.4. The molecule has 0 aromatic heterocycles. The maximum Gasteiger partial charge on any atom is 0.407 e. The first-order valence-corrected chi connectivity index (χ1v) is 11.8. The zero-order valence-corrected chi connectivity index (χ0v) is 19.7. The molecule has 0 radical (unpaired) electrons. The number of morpholine rings is 2. The van der Waals surface area contributed by atoms with Gasteiger partial charge in [0.05, 0.1) is 30.8 Å². The van der Waals surface area contributed by atoms with E-state index in [0.717, 1.165) is 44.9 Å². The van der Waals surface area contributed by atoms with Crippen molar-refractivity contribution in [3.8, 4) is 11.8 Å². The first kappa shape index (κ1) is 24.3. The van der Waals surface area contributed by atoms with Crippen LogP contribution in [0.25, 0.3) is 0 Å². The van der Waals surface area contributed by atoms with E-state index in [-0.39, 0.29) is 12.0 Å². The SMILES string of the molecule is CC(=O)N1CCN(CCC23CN(CCOc4ccc(C#N)cc4)CC(CN(C(=O)O)C2)O3)CC1. The summed E-state index contributed by atoms with van der Waals surface area (Å²) in [5, 5.41) is 18.6. The van der Waals surface area contributed by atoms with Gasteiger partial charge >= 0.3 is 6.09 Å². The number of carboxylic acid groups (broad SMARTS) is 1. The third-order valence-electron chi connectivity index (χ3n) is 6.92. The molecule has 3 aliphatic rings. The number of rotatable bonds is 7. The molecule has 2 unspecified atom stereocenters. The van der Waals surface area contributed by atoms with E-state index in [2.05, 4.69) is 15.9 Å². The van der Waals surface area contributed by atoms with Crippen LogP contribution >= 0.6 is 0 Å². The van der Waals surface area contributed by atoms with Crippen LogP contribution < -0.4 is 4.74 Å². The first-order valence-electron chi connectivity index (χ1n) is 11.8. The van der Waals surface area contributed by atoms with E-state index >= 15 is 0 Å². The molecule has 2 atom stereocenters. The van der Waals surface area contributed by atoms with E-state index < -0.39 is 11.7 Å². The largest absolute Gasteiger partial charge is 0.492 e. The Labute approximate surface area is 200 Å². The second kappa shape index (κ2) is 10.6. The van der Waals surface area contributed by atoms with Crippen LogP contribution in [0.15, 0.2) is 24.3 Å². The van der Waals surface area contributed by atoms with Gasteiger partial charge in [-0.15, -0.1) is 0 Å². The van der Waals surface area contributed by atoms with Crippen LogP contribution in [0.1, 0.15) is 18.9 Å². The van der Waals surface area contributed by atoms with E-state index in [0.29, 0.717) is 44.9 Å². The predicted molar refractivity (Wildman–Crippen MR) is 124 cm³/mol. The number of nitrogens with zero attached hydrogens (tertiary/aromatic N) is 5. The molecule has 0 saturated carbocycles. The highest BCUT2D eigenvalue weighted by Gasteiger charge is 2.47. The van der Waals surface area contributed by atoms with Gasteiger partial charge in [-0.1, -0.05) is 0 Å². The average Bonchev–Trinajstić information content (AvgIpc) is 2.83. The molecule has 1 aromatic rings. The van der Waals surface area contributed by atoms with Gasteiger partial charge in [0.15, 0.2) is 0 Å². The molecule has 0 spiro atoms. The molecular weight excluding hydrogens is 438 g/mol. The number of fused-ring (bicyclic) bond motifs is 2. The van der Waals surface area contributed by atoms with Gasteiger partial charge in [-0.25, -0.2) is 4.79 Å². The molecule has 3 heterocycles. The molecule has 34 heavy (non-hydrogen) atoms. The summed E-state index contributed by atoms with van der Waals surface area (Å²) in [6.45, 7) is 8.79. The molecule has 184 valence electrons. The lowest BCUT2D eigenvalue weighted by Crippen LogP contribution is -2.68. The highest BCUT2D eigenvalue weighted by molar-refractivity contribution is 5.73. The molecule has 0 aliphatic carbocycles. The Bertz CT molecular complexity index is 911. The van der Waals surface area contributed by atoms with Crippen molar-refractivity contribution in [3.05, 3.63) is 29.8 Å². The molecule has 10 nitrogen and oxygen atoms in total. The van der Waals surface area contributed by atoms with E-state index in [4.69, 9.17) is 14.7 Å². The van der Waals surface area contributed by atoms with Gasteiger partial charge in [-0.3, -0.25) is 14.6 Å². The van der Waals surface area contributed by atoms with E-state index in [9.17, 15) is 14.7 Å². The fourth-order valence-corrected chi connectivity index (χ4v) is 5.13. The van der Waals surface area contributed by atoms with Crippen molar-refractivity contribution in [3.63, 3.8) is 0 Å². The average molecular weight is 472 g/mol. The van der Waals surface area contributed by atoms with Crippen LogP contribution in [0.4, 0.5) is 4.79 Å². The molecule has 1 aromatic carbocycles. The van der Waals surface area contributed by atoms with Gasteiger partial charge in [0, 0.05) is 59.3 Å². The Morgan fingerprint density at radius 2 is 1.82 bits per heavy atom. The number of nitriles is 1. The Kier molecular flexibility index (Phi) is 7.56. The van der Waals surface area contributed by atoms with Crippen molar-refractivity contribution in [1.29, 1.82) is 5.26 Å². The number of carbonyl (C=O) groups is 2. The number of ether oxygens (including phenoxy) is 2.